The average molecular weight is 502 g/mol. The minimum Gasteiger partial charge on any atom is -0.421 e. The number of nitrogens with zero attached hydrogens (tertiary/aromatic N) is 4. The molecule has 2 aromatic rings. The zero-order valence-corrected chi connectivity index (χ0v) is 17.9. The van der Waals surface area contributed by atoms with E-state index in [0.29, 0.717) is 11.2 Å². The highest BCUT2D eigenvalue weighted by atomic mass is 31.3. The van der Waals surface area contributed by atoms with E-state index < -0.39 is 48.2 Å². The second-order valence-electron chi connectivity index (χ2n) is 6.16. The van der Waals surface area contributed by atoms with Crippen molar-refractivity contribution in [2.75, 3.05) is 12.3 Å². The van der Waals surface area contributed by atoms with Crippen molar-refractivity contribution in [2.45, 2.75) is 24.6 Å². The summed E-state index contributed by atoms with van der Waals surface area (Å²) in [4.78, 5) is 47.5. The number of phosphoric acid groups is 3. The second-order valence-corrected chi connectivity index (χ2v) is 10.6. The summed E-state index contributed by atoms with van der Waals surface area (Å²) in [6, 6.07) is 0. The third-order valence-corrected chi connectivity index (χ3v) is 7.69. The van der Waals surface area contributed by atoms with Gasteiger partial charge in [-0.2, -0.15) is 8.62 Å². The number of imidazole rings is 1. The van der Waals surface area contributed by atoms with Crippen LogP contribution in [0.15, 0.2) is 12.7 Å². The van der Waals surface area contributed by atoms with Crippen molar-refractivity contribution in [1.29, 1.82) is 0 Å². The summed E-state index contributed by atoms with van der Waals surface area (Å²) in [7, 11) is -15.3. The molecule has 5 atom stereocenters. The fraction of sp³-hybridized carbons (Fsp3) is 0.500. The van der Waals surface area contributed by atoms with Crippen molar-refractivity contribution >= 4 is 47.9 Å². The smallest absolute Gasteiger partial charge is 0.421 e. The summed E-state index contributed by atoms with van der Waals surface area (Å²) < 4.78 is 52.4. The molecule has 0 spiro atoms. The van der Waals surface area contributed by atoms with E-state index in [0.717, 1.165) is 7.48 Å². The predicted octanol–water partition coefficient (Wildman–Crippen LogP) is -0.561. The van der Waals surface area contributed by atoms with Crippen LogP contribution in [0, 0.1) is 0 Å². The molecule has 17 nitrogen and oxygen atoms in total. The molecule has 3 rings (SSSR count). The maximum absolute atomic E-state index is 11.8. The van der Waals surface area contributed by atoms with Crippen LogP contribution in [0.5, 0.6) is 0 Å². The molecule has 21 heteroatoms. The lowest BCUT2D eigenvalue weighted by molar-refractivity contribution is 0.0128. The first kappa shape index (κ1) is 24.4. The van der Waals surface area contributed by atoms with E-state index in [2.05, 4.69) is 28.1 Å². The first-order chi connectivity index (χ1) is 14.3. The Labute approximate surface area is 173 Å². The number of hydrogen-bond acceptors (Lipinski definition) is 12. The van der Waals surface area contributed by atoms with E-state index in [9.17, 15) is 23.7 Å². The Bertz CT molecular complexity index is 1090. The van der Waals surface area contributed by atoms with Crippen molar-refractivity contribution in [3.63, 3.8) is 0 Å². The van der Waals surface area contributed by atoms with Gasteiger partial charge in [-0.3, -0.25) is 9.09 Å². The third kappa shape index (κ3) is 6.39. The second kappa shape index (κ2) is 8.94. The predicted molar refractivity (Wildman–Crippen MR) is 99.8 cm³/mol. The van der Waals surface area contributed by atoms with Gasteiger partial charge in [-0.1, -0.05) is 0 Å². The SMILES string of the molecule is Nc1ncnc2c1ncn2[C@H]1C[C@@H](O)[C@@H](COP(=O)(O)OP(=O)(O)OP(=O)(O)O)[B]O1. The summed E-state index contributed by atoms with van der Waals surface area (Å²) in [5.41, 5.74) is 6.39. The molecular formula is C10H16BN5O12P3. The fourth-order valence-electron chi connectivity index (χ4n) is 2.61. The highest BCUT2D eigenvalue weighted by Crippen LogP contribution is 2.66. The Morgan fingerprint density at radius 1 is 1.16 bits per heavy atom. The van der Waals surface area contributed by atoms with Crippen molar-refractivity contribution in [1.82, 2.24) is 19.5 Å². The van der Waals surface area contributed by atoms with E-state index in [1.165, 1.54) is 17.2 Å². The number of aliphatic hydroxyl groups is 1. The highest BCUT2D eigenvalue weighted by Gasteiger charge is 2.42. The Balaban J connectivity index is 1.59. The molecule has 2 aromatic heterocycles. The first-order valence-corrected chi connectivity index (χ1v) is 12.7. The molecule has 7 N–H and O–H groups in total. The number of nitrogen functional groups attached to an aromatic ring is 1. The van der Waals surface area contributed by atoms with Gasteiger partial charge in [-0.05, 0) is 0 Å². The van der Waals surface area contributed by atoms with Gasteiger partial charge < -0.3 is 35.1 Å². The first-order valence-electron chi connectivity index (χ1n) is 8.14. The van der Waals surface area contributed by atoms with Crippen molar-refractivity contribution < 1.29 is 56.2 Å². The molecule has 1 aliphatic heterocycles. The van der Waals surface area contributed by atoms with E-state index in [4.69, 9.17) is 25.1 Å². The van der Waals surface area contributed by atoms with Crippen LogP contribution >= 0.6 is 23.5 Å². The van der Waals surface area contributed by atoms with E-state index in [-0.39, 0.29) is 12.2 Å². The van der Waals surface area contributed by atoms with Crippen LogP contribution < -0.4 is 5.73 Å². The molecule has 0 aromatic carbocycles. The molecule has 0 saturated carbocycles. The standard InChI is InChI=1S/C10H16BN5O12P3/c12-9-8-10(14-3-13-9)16(4-15-8)7-1-6(17)5(11-26-7)2-25-30(21,22)28-31(23,24)27-29(18,19)20/h3-7,17H,1-2H2,(H,21,22)(H,23,24)(H2,12,13,14)(H2,18,19,20)/t5-,6-,7-/m1/s1. The van der Waals surface area contributed by atoms with Crippen LogP contribution in [-0.4, -0.2) is 64.4 Å². The third-order valence-electron chi connectivity index (χ3n) is 3.89. The van der Waals surface area contributed by atoms with Gasteiger partial charge in [-0.15, -0.1) is 0 Å². The number of rotatable bonds is 8. The molecular weight excluding hydrogens is 486 g/mol. The number of phosphoric ester groups is 1. The van der Waals surface area contributed by atoms with Gasteiger partial charge in [0, 0.05) is 12.2 Å². The Morgan fingerprint density at radius 3 is 2.52 bits per heavy atom. The van der Waals surface area contributed by atoms with E-state index in [1.54, 1.807) is 0 Å². The van der Waals surface area contributed by atoms with Gasteiger partial charge in [-0.25, -0.2) is 28.6 Å². The molecule has 0 bridgehead atoms. The molecule has 31 heavy (non-hydrogen) atoms. The molecule has 1 aliphatic rings. The van der Waals surface area contributed by atoms with Crippen LogP contribution in [0.3, 0.4) is 0 Å². The molecule has 3 heterocycles. The number of aromatic nitrogens is 4. The van der Waals surface area contributed by atoms with Gasteiger partial charge in [0.2, 0.25) is 0 Å². The summed E-state index contributed by atoms with van der Waals surface area (Å²) in [5, 5.41) is 10.3. The normalized spacial score (nSPS) is 26.2. The number of aliphatic hydroxyl groups excluding tert-OH is 1. The van der Waals surface area contributed by atoms with Gasteiger partial charge in [0.05, 0.1) is 19.0 Å². The van der Waals surface area contributed by atoms with E-state index in [1.807, 2.05) is 0 Å². The summed E-state index contributed by atoms with van der Waals surface area (Å²) >= 11 is 0. The minimum absolute atomic E-state index is 0.0315. The molecule has 0 aliphatic carbocycles. The maximum Gasteiger partial charge on any atom is 0.490 e. The summed E-state index contributed by atoms with van der Waals surface area (Å²) in [5.74, 6) is -0.825. The molecule has 1 radical (unpaired) electrons. The Hall–Kier alpha value is -1.26. The minimum atomic E-state index is -5.63. The number of nitrogens with two attached hydrogens (primary N) is 1. The molecule has 2 unspecified atom stereocenters. The van der Waals surface area contributed by atoms with Crippen LogP contribution in [0.1, 0.15) is 12.6 Å². The molecule has 0 amide bonds. The lowest BCUT2D eigenvalue weighted by Crippen LogP contribution is -2.36. The van der Waals surface area contributed by atoms with Gasteiger partial charge in [0.25, 0.3) is 0 Å². The van der Waals surface area contributed by atoms with Crippen LogP contribution in [0.2, 0.25) is 5.82 Å². The number of hydrogen-bond donors (Lipinski definition) is 6. The lowest BCUT2D eigenvalue weighted by atomic mass is 9.73. The lowest BCUT2D eigenvalue weighted by Gasteiger charge is -2.33. The number of anilines is 1. The van der Waals surface area contributed by atoms with Crippen molar-refractivity contribution in [3.8, 4) is 0 Å². The van der Waals surface area contributed by atoms with Crippen molar-refractivity contribution in [2.24, 2.45) is 0 Å². The summed E-state index contributed by atoms with van der Waals surface area (Å²) in [6.45, 7) is -0.711. The zero-order valence-electron chi connectivity index (χ0n) is 15.2. The van der Waals surface area contributed by atoms with Crippen LogP contribution in [-0.2, 0) is 31.5 Å². The molecule has 1 saturated heterocycles. The van der Waals surface area contributed by atoms with E-state index >= 15 is 0 Å². The fourth-order valence-corrected chi connectivity index (χ4v) is 5.67. The van der Waals surface area contributed by atoms with Crippen LogP contribution in [0.25, 0.3) is 11.2 Å². The summed E-state index contributed by atoms with van der Waals surface area (Å²) in [6.07, 6.45) is 0.660. The van der Waals surface area contributed by atoms with Gasteiger partial charge >= 0.3 is 31.0 Å². The molecule has 1 fully saturated rings. The van der Waals surface area contributed by atoms with Crippen molar-refractivity contribution in [3.05, 3.63) is 12.7 Å². The monoisotopic (exact) mass is 502 g/mol. The average Bonchev–Trinajstić information content (AvgIpc) is 3.03. The van der Waals surface area contributed by atoms with Crippen LogP contribution in [0.4, 0.5) is 5.82 Å². The maximum atomic E-state index is 11.8. The quantitative estimate of drug-likeness (QED) is 0.195. The Kier molecular flexibility index (Phi) is 7.03. The zero-order chi connectivity index (χ0) is 23.0. The van der Waals surface area contributed by atoms with Gasteiger partial charge in [0.1, 0.15) is 18.1 Å². The largest absolute Gasteiger partial charge is 0.490 e. The van der Waals surface area contributed by atoms with Gasteiger partial charge in [0.15, 0.2) is 11.5 Å². The Morgan fingerprint density at radius 2 is 1.87 bits per heavy atom. The highest BCUT2D eigenvalue weighted by molar-refractivity contribution is 7.66. The topological polar surface area (TPSA) is 259 Å². The number of fused-ring (bicyclic) bond motifs is 1. The molecule has 171 valence electrons.